The van der Waals surface area contributed by atoms with Gasteiger partial charge < -0.3 is 25.7 Å². The first-order valence-corrected chi connectivity index (χ1v) is 9.86. The number of rotatable bonds is 5. The van der Waals surface area contributed by atoms with Gasteiger partial charge in [0.2, 0.25) is 5.91 Å². The van der Waals surface area contributed by atoms with Crippen LogP contribution in [0.25, 0.3) is 0 Å². The summed E-state index contributed by atoms with van der Waals surface area (Å²) in [6.07, 6.45) is -3.62. The van der Waals surface area contributed by atoms with Crippen molar-refractivity contribution in [3.05, 3.63) is 35.4 Å². The van der Waals surface area contributed by atoms with Crippen molar-refractivity contribution in [3.63, 3.8) is 0 Å². The number of halogens is 3. The minimum atomic E-state index is -5.08. The molecule has 33 heavy (non-hydrogen) atoms. The molecule has 10 nitrogen and oxygen atoms in total. The molecule has 0 bridgehead atoms. The molecule has 1 aromatic rings. The molecule has 1 aromatic carbocycles. The number of nitrogen functional groups attached to an aromatic ring is 1. The van der Waals surface area contributed by atoms with Gasteiger partial charge >= 0.3 is 18.1 Å². The van der Waals surface area contributed by atoms with Crippen LogP contribution < -0.4 is 5.73 Å². The maximum Gasteiger partial charge on any atom is 0.490 e. The summed E-state index contributed by atoms with van der Waals surface area (Å²) >= 11 is 0. The fourth-order valence-electron chi connectivity index (χ4n) is 3.25. The van der Waals surface area contributed by atoms with Crippen molar-refractivity contribution in [3.8, 4) is 0 Å². The van der Waals surface area contributed by atoms with Crippen molar-refractivity contribution in [2.75, 3.05) is 13.1 Å². The van der Waals surface area contributed by atoms with E-state index in [1.54, 1.807) is 17.0 Å². The first-order valence-electron chi connectivity index (χ1n) is 9.86. The highest BCUT2D eigenvalue weighted by Gasteiger charge is 2.38. The molecule has 2 aliphatic heterocycles. The number of hydrogen-bond donors (Lipinski definition) is 4. The van der Waals surface area contributed by atoms with Gasteiger partial charge in [-0.15, -0.1) is 0 Å². The molecule has 0 saturated carbocycles. The first-order chi connectivity index (χ1) is 15.4. The van der Waals surface area contributed by atoms with Crippen molar-refractivity contribution in [1.82, 2.24) is 4.90 Å². The lowest BCUT2D eigenvalue weighted by atomic mass is 9.96. The van der Waals surface area contributed by atoms with Crippen molar-refractivity contribution >= 4 is 29.4 Å². The van der Waals surface area contributed by atoms with Crippen LogP contribution in [0.15, 0.2) is 29.4 Å². The summed E-state index contributed by atoms with van der Waals surface area (Å²) < 4.78 is 31.7. The first kappa shape index (κ1) is 25.6. The van der Waals surface area contributed by atoms with Crippen molar-refractivity contribution in [2.45, 2.75) is 38.0 Å². The third-order valence-electron chi connectivity index (χ3n) is 5.10. The van der Waals surface area contributed by atoms with E-state index < -0.39 is 18.1 Å². The molecule has 2 aliphatic rings. The van der Waals surface area contributed by atoms with Crippen molar-refractivity contribution in [2.24, 2.45) is 16.8 Å². The van der Waals surface area contributed by atoms with Crippen LogP contribution in [0.2, 0.25) is 0 Å². The second-order valence-corrected chi connectivity index (χ2v) is 7.46. The smallest absolute Gasteiger partial charge is 0.481 e. The Bertz CT molecular complexity index is 925. The number of carboxylic acids is 2. The number of carbonyl (C=O) groups excluding carboxylic acids is 1. The predicted octanol–water partition coefficient (Wildman–Crippen LogP) is 1.81. The molecule has 2 heterocycles. The van der Waals surface area contributed by atoms with E-state index in [0.717, 1.165) is 11.3 Å². The summed E-state index contributed by atoms with van der Waals surface area (Å²) in [6.45, 7) is 0.950. The Morgan fingerprint density at radius 3 is 2.15 bits per heavy atom. The second kappa shape index (κ2) is 10.8. The topological polar surface area (TPSA) is 166 Å². The van der Waals surface area contributed by atoms with Gasteiger partial charge in [-0.2, -0.15) is 13.2 Å². The molecule has 1 atom stereocenters. The maximum absolute atomic E-state index is 12.4. The number of benzene rings is 1. The van der Waals surface area contributed by atoms with Gasteiger partial charge in [-0.1, -0.05) is 29.4 Å². The fourth-order valence-corrected chi connectivity index (χ4v) is 3.25. The Balaban J connectivity index is 0.000000479. The number of piperidine rings is 1. The predicted molar refractivity (Wildman–Crippen MR) is 109 cm³/mol. The molecule has 1 saturated heterocycles. The van der Waals surface area contributed by atoms with Gasteiger partial charge in [0.1, 0.15) is 11.9 Å². The Morgan fingerprint density at radius 2 is 1.70 bits per heavy atom. The van der Waals surface area contributed by atoms with Crippen LogP contribution in [-0.4, -0.2) is 69.9 Å². The van der Waals surface area contributed by atoms with Gasteiger partial charge in [-0.3, -0.25) is 15.0 Å². The monoisotopic (exact) mass is 472 g/mol. The average molecular weight is 472 g/mol. The van der Waals surface area contributed by atoms with Crippen LogP contribution in [0.4, 0.5) is 13.2 Å². The van der Waals surface area contributed by atoms with E-state index in [4.69, 9.17) is 31.0 Å². The lowest BCUT2D eigenvalue weighted by Crippen LogP contribution is -2.41. The zero-order valence-electron chi connectivity index (χ0n) is 17.3. The largest absolute Gasteiger partial charge is 0.490 e. The number of amidine groups is 1. The highest BCUT2D eigenvalue weighted by atomic mass is 19.4. The summed E-state index contributed by atoms with van der Waals surface area (Å²) in [5, 5.41) is 27.6. The molecule has 13 heteroatoms. The summed E-state index contributed by atoms with van der Waals surface area (Å²) in [5.41, 5.74) is 7.73. The van der Waals surface area contributed by atoms with E-state index in [-0.39, 0.29) is 30.2 Å². The van der Waals surface area contributed by atoms with Gasteiger partial charge in [-0.25, -0.2) is 4.79 Å². The lowest BCUT2D eigenvalue weighted by molar-refractivity contribution is -0.192. The number of hydrogen-bond acceptors (Lipinski definition) is 6. The molecule has 5 N–H and O–H groups in total. The number of carbonyl (C=O) groups is 3. The van der Waals surface area contributed by atoms with Crippen LogP contribution in [0.1, 0.15) is 36.8 Å². The minimum absolute atomic E-state index is 0.0105. The normalized spacial score (nSPS) is 18.5. The van der Waals surface area contributed by atoms with E-state index in [2.05, 4.69) is 5.16 Å². The van der Waals surface area contributed by atoms with E-state index in [1.807, 2.05) is 12.1 Å². The van der Waals surface area contributed by atoms with E-state index >= 15 is 0 Å². The molecular weight excluding hydrogens is 449 g/mol. The molecule has 180 valence electrons. The quantitative estimate of drug-likeness (QED) is 0.374. The standard InChI is InChI=1S/C18H22N4O4.C2HF3O2/c19-17(20)12-3-1-11(2-4-12)15-9-14(26-21-15)10-16(23)22-7-5-13(6-8-22)18(24)25;3-2(4,5)1(6)7/h1-4,13-14H,5-10H2,(H3,19,20)(H,24,25);(H,6,7). The highest BCUT2D eigenvalue weighted by Crippen LogP contribution is 2.22. The number of carboxylic acid groups (broad SMARTS) is 2. The molecule has 0 aliphatic carbocycles. The zero-order chi connectivity index (χ0) is 24.8. The van der Waals surface area contributed by atoms with E-state index in [9.17, 15) is 22.8 Å². The van der Waals surface area contributed by atoms with Crippen LogP contribution in [0.3, 0.4) is 0 Å². The maximum atomic E-state index is 12.4. The zero-order valence-corrected chi connectivity index (χ0v) is 17.3. The Labute approximate surface area is 186 Å². The SMILES string of the molecule is N=C(N)c1ccc(C2=NOC(CC(=O)N3CCC(C(=O)O)CC3)C2)cc1.O=C(O)C(F)(F)F. The van der Waals surface area contributed by atoms with Crippen LogP contribution in [-0.2, 0) is 19.2 Å². The molecule has 1 unspecified atom stereocenters. The second-order valence-electron chi connectivity index (χ2n) is 7.46. The minimum Gasteiger partial charge on any atom is -0.481 e. The summed E-state index contributed by atoms with van der Waals surface area (Å²) in [5.74, 6) is -3.91. The lowest BCUT2D eigenvalue weighted by Gasteiger charge is -2.30. The summed E-state index contributed by atoms with van der Waals surface area (Å²) in [7, 11) is 0. The summed E-state index contributed by atoms with van der Waals surface area (Å²) in [4.78, 5) is 39.4. The van der Waals surface area contributed by atoms with Gasteiger partial charge in [0.25, 0.3) is 0 Å². The van der Waals surface area contributed by atoms with Crippen LogP contribution in [0.5, 0.6) is 0 Å². The number of likely N-dealkylation sites (tertiary alicyclic amines) is 1. The molecule has 0 aromatic heterocycles. The number of amides is 1. The van der Waals surface area contributed by atoms with E-state index in [0.29, 0.717) is 37.9 Å². The van der Waals surface area contributed by atoms with Crippen LogP contribution in [0, 0.1) is 11.3 Å². The molecule has 0 radical (unpaired) electrons. The number of nitrogens with zero attached hydrogens (tertiary/aromatic N) is 2. The van der Waals surface area contributed by atoms with Crippen LogP contribution >= 0.6 is 0 Å². The Morgan fingerprint density at radius 1 is 1.15 bits per heavy atom. The van der Waals surface area contributed by atoms with Crippen molar-refractivity contribution in [1.29, 1.82) is 5.41 Å². The Hall–Kier alpha value is -3.64. The number of nitrogens with two attached hydrogens (primary N) is 1. The molecular formula is C20H23F3N4O6. The molecule has 0 spiro atoms. The van der Waals surface area contributed by atoms with Gasteiger partial charge in [-0.05, 0) is 18.4 Å². The summed E-state index contributed by atoms with van der Waals surface area (Å²) in [6, 6.07) is 7.18. The van der Waals surface area contributed by atoms with E-state index in [1.165, 1.54) is 0 Å². The molecule has 1 amide bonds. The van der Waals surface area contributed by atoms with Gasteiger partial charge in [0.05, 0.1) is 18.1 Å². The van der Waals surface area contributed by atoms with Gasteiger partial charge in [0.15, 0.2) is 0 Å². The third kappa shape index (κ3) is 7.47. The van der Waals surface area contributed by atoms with Crippen molar-refractivity contribution < 1.29 is 42.6 Å². The fraction of sp³-hybridized carbons (Fsp3) is 0.450. The molecule has 1 fully saturated rings. The molecule has 3 rings (SSSR count). The van der Waals surface area contributed by atoms with Gasteiger partial charge in [0, 0.05) is 25.1 Å². The number of oxime groups is 1. The average Bonchev–Trinajstić information content (AvgIpc) is 3.22. The number of alkyl halides is 3. The number of aliphatic carboxylic acids is 2. The Kier molecular flexibility index (Phi) is 8.38. The third-order valence-corrected chi connectivity index (χ3v) is 5.10. The highest BCUT2D eigenvalue weighted by molar-refractivity contribution is 6.02. The number of nitrogens with one attached hydrogen (secondary N) is 1.